The molecular formula is C22H25N7O2. The lowest BCUT2D eigenvalue weighted by molar-refractivity contribution is -0.121. The number of carbonyl (C=O) groups is 2. The second-order valence-corrected chi connectivity index (χ2v) is 7.34. The van der Waals surface area contributed by atoms with E-state index in [9.17, 15) is 9.59 Å². The zero-order valence-electron chi connectivity index (χ0n) is 17.4. The van der Waals surface area contributed by atoms with Crippen LogP contribution < -0.4 is 22.1 Å². The van der Waals surface area contributed by atoms with Gasteiger partial charge in [0.25, 0.3) is 5.91 Å². The van der Waals surface area contributed by atoms with Crippen LogP contribution in [0.2, 0.25) is 0 Å². The zero-order valence-corrected chi connectivity index (χ0v) is 17.4. The number of hydrogen-bond donors (Lipinski definition) is 4. The number of aromatic nitrogens is 3. The van der Waals surface area contributed by atoms with Crippen LogP contribution in [0.3, 0.4) is 0 Å². The fourth-order valence-electron chi connectivity index (χ4n) is 3.14. The number of hydrogen-bond acceptors (Lipinski definition) is 7. The molecule has 1 aromatic carbocycles. The van der Waals surface area contributed by atoms with Gasteiger partial charge in [0.05, 0.1) is 6.20 Å². The third kappa shape index (κ3) is 5.75. The highest BCUT2D eigenvalue weighted by Gasteiger charge is 2.17. The first-order valence-corrected chi connectivity index (χ1v) is 9.83. The van der Waals surface area contributed by atoms with Gasteiger partial charge in [-0.2, -0.15) is 0 Å². The second-order valence-electron chi connectivity index (χ2n) is 7.34. The Morgan fingerprint density at radius 1 is 1.06 bits per heavy atom. The van der Waals surface area contributed by atoms with E-state index in [1.54, 1.807) is 19.3 Å². The lowest BCUT2D eigenvalue weighted by atomic mass is 10.0. The van der Waals surface area contributed by atoms with Crippen molar-refractivity contribution in [2.45, 2.75) is 26.3 Å². The number of carbonyl (C=O) groups excluding carboxylic acids is 2. The minimum Gasteiger partial charge on any atom is -0.369 e. The summed E-state index contributed by atoms with van der Waals surface area (Å²) in [5.41, 5.74) is 13.5. The van der Waals surface area contributed by atoms with E-state index < -0.39 is 5.91 Å². The SMILES string of the molecule is CC(CC(C)C(N)=O)Nc1cnc(C(N)=O)c(Nc2cccc(-c3ccncc3)c2)n1. The van der Waals surface area contributed by atoms with Crippen molar-refractivity contribution in [3.8, 4) is 11.1 Å². The average molecular weight is 419 g/mol. The van der Waals surface area contributed by atoms with Crippen LogP contribution >= 0.6 is 0 Å². The van der Waals surface area contributed by atoms with Gasteiger partial charge in [0.2, 0.25) is 5.91 Å². The molecule has 9 heteroatoms. The lowest BCUT2D eigenvalue weighted by Gasteiger charge is -2.18. The molecule has 0 saturated carbocycles. The number of nitrogens with one attached hydrogen (secondary N) is 2. The van der Waals surface area contributed by atoms with E-state index in [-0.39, 0.29) is 29.4 Å². The maximum Gasteiger partial charge on any atom is 0.271 e. The molecule has 2 unspecified atom stereocenters. The van der Waals surface area contributed by atoms with Gasteiger partial charge < -0.3 is 22.1 Å². The molecule has 0 radical (unpaired) electrons. The molecule has 2 amide bonds. The summed E-state index contributed by atoms with van der Waals surface area (Å²) in [5, 5.41) is 6.31. The molecule has 31 heavy (non-hydrogen) atoms. The van der Waals surface area contributed by atoms with Crippen LogP contribution in [-0.2, 0) is 4.79 Å². The Morgan fingerprint density at radius 3 is 2.48 bits per heavy atom. The highest BCUT2D eigenvalue weighted by molar-refractivity contribution is 5.96. The molecule has 2 heterocycles. The van der Waals surface area contributed by atoms with Crippen LogP contribution in [0.1, 0.15) is 30.8 Å². The number of nitrogens with two attached hydrogens (primary N) is 2. The molecule has 6 N–H and O–H groups in total. The van der Waals surface area contributed by atoms with Gasteiger partial charge in [0.1, 0.15) is 5.82 Å². The molecule has 0 aliphatic carbocycles. The number of primary amides is 2. The van der Waals surface area contributed by atoms with E-state index >= 15 is 0 Å². The minimum atomic E-state index is -0.692. The lowest BCUT2D eigenvalue weighted by Crippen LogP contribution is -2.27. The topological polar surface area (TPSA) is 149 Å². The Hall–Kier alpha value is -4.01. The number of amides is 2. The van der Waals surface area contributed by atoms with Gasteiger partial charge in [-0.1, -0.05) is 19.1 Å². The number of rotatable bonds is 9. The maximum atomic E-state index is 11.9. The van der Waals surface area contributed by atoms with Crippen molar-refractivity contribution >= 4 is 29.1 Å². The molecule has 0 fully saturated rings. The van der Waals surface area contributed by atoms with Crippen LogP contribution in [-0.4, -0.2) is 32.8 Å². The van der Waals surface area contributed by atoms with Crippen LogP contribution in [0, 0.1) is 5.92 Å². The first-order chi connectivity index (χ1) is 14.8. The van der Waals surface area contributed by atoms with Crippen molar-refractivity contribution in [2.24, 2.45) is 17.4 Å². The van der Waals surface area contributed by atoms with E-state index in [2.05, 4.69) is 25.6 Å². The molecule has 2 atom stereocenters. The van der Waals surface area contributed by atoms with E-state index in [1.165, 1.54) is 6.20 Å². The van der Waals surface area contributed by atoms with Crippen LogP contribution in [0.15, 0.2) is 55.0 Å². The van der Waals surface area contributed by atoms with Crippen molar-refractivity contribution in [2.75, 3.05) is 10.6 Å². The highest BCUT2D eigenvalue weighted by Crippen LogP contribution is 2.25. The number of benzene rings is 1. The van der Waals surface area contributed by atoms with Crippen molar-refractivity contribution in [3.05, 3.63) is 60.7 Å². The largest absolute Gasteiger partial charge is 0.369 e. The molecule has 0 spiro atoms. The van der Waals surface area contributed by atoms with Crippen molar-refractivity contribution < 1.29 is 9.59 Å². The first-order valence-electron chi connectivity index (χ1n) is 9.83. The molecule has 0 aliphatic rings. The van der Waals surface area contributed by atoms with Gasteiger partial charge >= 0.3 is 0 Å². The molecule has 160 valence electrons. The standard InChI is InChI=1S/C22H25N7O2/c1-13(20(23)30)10-14(2)27-18-12-26-19(21(24)31)22(29-18)28-17-5-3-4-16(11-17)15-6-8-25-9-7-15/h3-9,11-14H,10H2,1-2H3,(H2,23,30)(H2,24,31)(H2,27,28,29). The normalized spacial score (nSPS) is 12.6. The number of anilines is 3. The monoisotopic (exact) mass is 419 g/mol. The molecule has 3 aromatic rings. The van der Waals surface area contributed by atoms with Gasteiger partial charge in [0.15, 0.2) is 11.5 Å². The third-order valence-electron chi connectivity index (χ3n) is 4.73. The molecule has 3 rings (SSSR count). The van der Waals surface area contributed by atoms with E-state index in [1.807, 2.05) is 43.3 Å². The predicted molar refractivity (Wildman–Crippen MR) is 120 cm³/mol. The Morgan fingerprint density at radius 2 is 1.81 bits per heavy atom. The Labute approximate surface area is 180 Å². The molecule has 2 aromatic heterocycles. The summed E-state index contributed by atoms with van der Waals surface area (Å²) in [6, 6.07) is 11.4. The quantitative estimate of drug-likeness (QED) is 0.416. The van der Waals surface area contributed by atoms with Crippen molar-refractivity contribution in [3.63, 3.8) is 0 Å². The van der Waals surface area contributed by atoms with Gasteiger partial charge in [-0.3, -0.25) is 14.6 Å². The van der Waals surface area contributed by atoms with E-state index in [0.29, 0.717) is 12.2 Å². The van der Waals surface area contributed by atoms with Crippen LogP contribution in [0.5, 0.6) is 0 Å². The first kappa shape index (κ1) is 21.7. The molecule has 9 nitrogen and oxygen atoms in total. The van der Waals surface area contributed by atoms with Crippen molar-refractivity contribution in [1.82, 2.24) is 15.0 Å². The van der Waals surface area contributed by atoms with Crippen LogP contribution in [0.4, 0.5) is 17.3 Å². The Bertz CT molecular complexity index is 1070. The van der Waals surface area contributed by atoms with Crippen molar-refractivity contribution in [1.29, 1.82) is 0 Å². The average Bonchev–Trinajstić information content (AvgIpc) is 2.74. The van der Waals surface area contributed by atoms with Gasteiger partial charge in [-0.05, 0) is 48.7 Å². The van der Waals surface area contributed by atoms with E-state index in [4.69, 9.17) is 11.5 Å². The number of nitrogens with zero attached hydrogens (tertiary/aromatic N) is 3. The summed E-state index contributed by atoms with van der Waals surface area (Å²) in [4.78, 5) is 35.8. The summed E-state index contributed by atoms with van der Waals surface area (Å²) in [6.07, 6.45) is 5.42. The second kappa shape index (κ2) is 9.66. The fourth-order valence-corrected chi connectivity index (χ4v) is 3.14. The van der Waals surface area contributed by atoms with Crippen LogP contribution in [0.25, 0.3) is 11.1 Å². The van der Waals surface area contributed by atoms with Gasteiger partial charge in [0, 0.05) is 30.0 Å². The molecule has 0 bridgehead atoms. The molecule has 0 saturated heterocycles. The summed E-state index contributed by atoms with van der Waals surface area (Å²) in [6.45, 7) is 3.68. The molecular weight excluding hydrogens is 394 g/mol. The maximum absolute atomic E-state index is 11.9. The highest BCUT2D eigenvalue weighted by atomic mass is 16.1. The van der Waals surface area contributed by atoms with Gasteiger partial charge in [-0.25, -0.2) is 9.97 Å². The number of pyridine rings is 1. The minimum absolute atomic E-state index is 0.0259. The Kier molecular flexibility index (Phi) is 6.76. The Balaban J connectivity index is 1.84. The summed E-state index contributed by atoms with van der Waals surface area (Å²) in [7, 11) is 0. The van der Waals surface area contributed by atoms with Gasteiger partial charge in [-0.15, -0.1) is 0 Å². The summed E-state index contributed by atoms with van der Waals surface area (Å²) in [5.74, 6) is -0.655. The van der Waals surface area contributed by atoms with E-state index in [0.717, 1.165) is 16.8 Å². The smallest absolute Gasteiger partial charge is 0.271 e. The summed E-state index contributed by atoms with van der Waals surface area (Å²) >= 11 is 0. The fraction of sp³-hybridized carbons (Fsp3) is 0.227. The third-order valence-corrected chi connectivity index (χ3v) is 4.73. The zero-order chi connectivity index (χ0) is 22.4. The summed E-state index contributed by atoms with van der Waals surface area (Å²) < 4.78 is 0. The predicted octanol–water partition coefficient (Wildman–Crippen LogP) is 2.69. The molecule has 0 aliphatic heterocycles.